The third kappa shape index (κ3) is 3.55. The molecule has 7 nitrogen and oxygen atoms in total. The summed E-state index contributed by atoms with van der Waals surface area (Å²) in [5.41, 5.74) is 0.826. The zero-order chi connectivity index (χ0) is 21.5. The Morgan fingerprint density at radius 1 is 1.07 bits per heavy atom. The highest BCUT2D eigenvalue weighted by molar-refractivity contribution is 7.89. The van der Waals surface area contributed by atoms with Gasteiger partial charge in [0.05, 0.1) is 5.41 Å². The first-order valence-corrected chi connectivity index (χ1v) is 12.1. The summed E-state index contributed by atoms with van der Waals surface area (Å²) < 4.78 is 32.6. The highest BCUT2D eigenvalue weighted by Crippen LogP contribution is 2.43. The van der Waals surface area contributed by atoms with Crippen LogP contribution in [0.2, 0.25) is 5.02 Å². The number of hydrogen-bond acceptors (Lipinski definition) is 5. The van der Waals surface area contributed by atoms with Gasteiger partial charge < -0.3 is 9.42 Å². The van der Waals surface area contributed by atoms with Crippen LogP contribution in [0.1, 0.15) is 42.7 Å². The molecule has 0 bridgehead atoms. The van der Waals surface area contributed by atoms with Gasteiger partial charge >= 0.3 is 0 Å². The minimum atomic E-state index is -3.70. The summed E-state index contributed by atoms with van der Waals surface area (Å²) in [5, 5.41) is 4.42. The Labute approximate surface area is 182 Å². The van der Waals surface area contributed by atoms with Crippen molar-refractivity contribution in [1.29, 1.82) is 0 Å². The summed E-state index contributed by atoms with van der Waals surface area (Å²) in [7, 11) is -3.70. The zero-order valence-electron chi connectivity index (χ0n) is 17.2. The number of rotatable bonds is 4. The van der Waals surface area contributed by atoms with Crippen LogP contribution in [0.3, 0.4) is 0 Å². The lowest BCUT2D eigenvalue weighted by atomic mass is 9.77. The van der Waals surface area contributed by atoms with Gasteiger partial charge in [0.25, 0.3) is 0 Å². The van der Waals surface area contributed by atoms with Crippen LogP contribution in [0, 0.1) is 13.8 Å². The first-order chi connectivity index (χ1) is 14.3. The molecule has 1 aromatic heterocycles. The molecule has 1 aliphatic carbocycles. The van der Waals surface area contributed by atoms with Crippen molar-refractivity contribution in [3.63, 3.8) is 0 Å². The standard InChI is InChI=1S/C21H26ClN3O4S/c1-15-19(16(2)29-23-15)30(27,28)25-13-11-24(12-14-25)20(26)21(9-3-4-10-21)17-5-7-18(22)8-6-17/h5-8H,3-4,9-14H2,1-2H3. The van der Waals surface area contributed by atoms with Crippen molar-refractivity contribution >= 4 is 27.5 Å². The van der Waals surface area contributed by atoms with Gasteiger partial charge in [0, 0.05) is 31.2 Å². The van der Waals surface area contributed by atoms with Gasteiger partial charge in [-0.1, -0.05) is 41.7 Å². The number of amides is 1. The van der Waals surface area contributed by atoms with Crippen LogP contribution in [0.4, 0.5) is 0 Å². The fourth-order valence-corrected chi connectivity index (χ4v) is 6.62. The van der Waals surface area contributed by atoms with E-state index in [9.17, 15) is 13.2 Å². The van der Waals surface area contributed by atoms with Gasteiger partial charge in [-0.15, -0.1) is 0 Å². The van der Waals surface area contributed by atoms with Crippen LogP contribution in [0.5, 0.6) is 0 Å². The van der Waals surface area contributed by atoms with Crippen molar-refractivity contribution in [1.82, 2.24) is 14.4 Å². The van der Waals surface area contributed by atoms with Gasteiger partial charge in [-0.05, 0) is 44.4 Å². The summed E-state index contributed by atoms with van der Waals surface area (Å²) in [6.45, 7) is 4.49. The maximum absolute atomic E-state index is 13.6. The molecule has 162 valence electrons. The average molecular weight is 452 g/mol. The highest BCUT2D eigenvalue weighted by Gasteiger charge is 2.46. The molecule has 0 atom stereocenters. The van der Waals surface area contributed by atoms with Crippen LogP contribution < -0.4 is 0 Å². The zero-order valence-corrected chi connectivity index (χ0v) is 18.8. The SMILES string of the molecule is Cc1noc(C)c1S(=O)(=O)N1CCN(C(=O)C2(c3ccc(Cl)cc3)CCCC2)CC1. The quantitative estimate of drug-likeness (QED) is 0.712. The van der Waals surface area contributed by atoms with Gasteiger partial charge in [0.2, 0.25) is 15.9 Å². The van der Waals surface area contributed by atoms with Crippen LogP contribution in [0.25, 0.3) is 0 Å². The number of piperazine rings is 1. The van der Waals surface area contributed by atoms with Crippen LogP contribution in [-0.4, -0.2) is 54.9 Å². The van der Waals surface area contributed by atoms with Gasteiger partial charge in [-0.2, -0.15) is 4.31 Å². The average Bonchev–Trinajstić information content (AvgIpc) is 3.36. The fraction of sp³-hybridized carbons (Fsp3) is 0.524. The summed E-state index contributed by atoms with van der Waals surface area (Å²) in [6.07, 6.45) is 3.64. The molecule has 1 amide bonds. The third-order valence-electron chi connectivity index (χ3n) is 6.35. The molecule has 1 aliphatic heterocycles. The number of halogens is 1. The van der Waals surface area contributed by atoms with Crippen molar-refractivity contribution < 1.29 is 17.7 Å². The maximum Gasteiger partial charge on any atom is 0.248 e. The molecule has 0 spiro atoms. The molecule has 2 heterocycles. The topological polar surface area (TPSA) is 83.7 Å². The lowest BCUT2D eigenvalue weighted by Gasteiger charge is -2.39. The molecular formula is C21H26ClN3O4S. The Morgan fingerprint density at radius 2 is 1.67 bits per heavy atom. The van der Waals surface area contributed by atoms with Gasteiger partial charge in [0.1, 0.15) is 10.6 Å². The van der Waals surface area contributed by atoms with E-state index in [2.05, 4.69) is 5.16 Å². The number of hydrogen-bond donors (Lipinski definition) is 0. The number of sulfonamides is 1. The Balaban J connectivity index is 1.52. The van der Waals surface area contributed by atoms with E-state index < -0.39 is 15.4 Å². The van der Waals surface area contributed by atoms with E-state index >= 15 is 0 Å². The Hall–Kier alpha value is -1.90. The van der Waals surface area contributed by atoms with E-state index in [1.54, 1.807) is 13.8 Å². The molecule has 0 unspecified atom stereocenters. The molecule has 2 fully saturated rings. The molecule has 4 rings (SSSR count). The third-order valence-corrected chi connectivity index (χ3v) is 8.75. The minimum absolute atomic E-state index is 0.0942. The van der Waals surface area contributed by atoms with Crippen LogP contribution in [-0.2, 0) is 20.2 Å². The molecule has 0 radical (unpaired) electrons. The highest BCUT2D eigenvalue weighted by atomic mass is 35.5. The van der Waals surface area contributed by atoms with Crippen molar-refractivity contribution in [2.45, 2.75) is 49.8 Å². The largest absolute Gasteiger partial charge is 0.360 e. The summed E-state index contributed by atoms with van der Waals surface area (Å²) in [5.74, 6) is 0.385. The summed E-state index contributed by atoms with van der Waals surface area (Å²) >= 11 is 6.05. The summed E-state index contributed by atoms with van der Waals surface area (Å²) in [4.78, 5) is 15.6. The van der Waals surface area contributed by atoms with Crippen molar-refractivity contribution in [2.75, 3.05) is 26.2 Å². The molecule has 9 heteroatoms. The Morgan fingerprint density at radius 3 is 2.20 bits per heavy atom. The van der Waals surface area contributed by atoms with Gasteiger partial charge in [-0.25, -0.2) is 8.42 Å². The van der Waals surface area contributed by atoms with Crippen molar-refractivity contribution in [2.24, 2.45) is 0 Å². The van der Waals surface area contributed by atoms with E-state index in [4.69, 9.17) is 16.1 Å². The molecule has 1 saturated heterocycles. The fourth-order valence-electron chi connectivity index (χ4n) is 4.78. The number of benzene rings is 1. The van der Waals surface area contributed by atoms with Gasteiger partial charge in [-0.3, -0.25) is 4.79 Å². The molecule has 30 heavy (non-hydrogen) atoms. The number of carbonyl (C=O) groups excluding carboxylic acids is 1. The second kappa shape index (κ2) is 7.98. The predicted octanol–water partition coefficient (Wildman–Crippen LogP) is 3.29. The number of nitrogens with zero attached hydrogens (tertiary/aromatic N) is 3. The monoisotopic (exact) mass is 451 g/mol. The minimum Gasteiger partial charge on any atom is -0.360 e. The van der Waals surface area contributed by atoms with Crippen LogP contribution in [0.15, 0.2) is 33.7 Å². The van der Waals surface area contributed by atoms with Gasteiger partial charge in [0.15, 0.2) is 5.76 Å². The van der Waals surface area contributed by atoms with E-state index in [-0.39, 0.29) is 23.9 Å². The Bertz CT molecular complexity index is 1020. The lowest BCUT2D eigenvalue weighted by molar-refractivity contribution is -0.138. The molecule has 2 aromatic rings. The molecule has 1 saturated carbocycles. The van der Waals surface area contributed by atoms with E-state index in [0.717, 1.165) is 31.2 Å². The predicted molar refractivity (Wildman–Crippen MR) is 113 cm³/mol. The van der Waals surface area contributed by atoms with E-state index in [1.807, 2.05) is 29.2 Å². The molecule has 1 aromatic carbocycles. The maximum atomic E-state index is 13.6. The van der Waals surface area contributed by atoms with Crippen LogP contribution >= 0.6 is 11.6 Å². The number of aromatic nitrogens is 1. The smallest absolute Gasteiger partial charge is 0.248 e. The first-order valence-electron chi connectivity index (χ1n) is 10.2. The molecular weight excluding hydrogens is 426 g/mol. The van der Waals surface area contributed by atoms with Crippen molar-refractivity contribution in [3.05, 3.63) is 46.3 Å². The molecule has 2 aliphatic rings. The second-order valence-electron chi connectivity index (χ2n) is 8.15. The summed E-state index contributed by atoms with van der Waals surface area (Å²) in [6, 6.07) is 7.56. The first kappa shape index (κ1) is 21.3. The number of carbonyl (C=O) groups is 1. The lowest BCUT2D eigenvalue weighted by Crippen LogP contribution is -2.55. The van der Waals surface area contributed by atoms with Crippen molar-refractivity contribution in [3.8, 4) is 0 Å². The normalized spacial score (nSPS) is 19.9. The van der Waals surface area contributed by atoms with E-state index in [0.29, 0.717) is 29.6 Å². The Kier molecular flexibility index (Phi) is 5.67. The number of aryl methyl sites for hydroxylation is 2. The second-order valence-corrected chi connectivity index (χ2v) is 10.5. The van der Waals surface area contributed by atoms with E-state index in [1.165, 1.54) is 4.31 Å². The molecule has 0 N–H and O–H groups in total.